The van der Waals surface area contributed by atoms with E-state index in [9.17, 15) is 9.59 Å². The predicted octanol–water partition coefficient (Wildman–Crippen LogP) is 1.94. The van der Waals surface area contributed by atoms with Crippen molar-refractivity contribution in [2.45, 2.75) is 6.92 Å². The highest BCUT2D eigenvalue weighted by molar-refractivity contribution is 7.20. The topological polar surface area (TPSA) is 86.0 Å². The number of anilines is 1. The number of nitrogens with zero attached hydrogens (tertiary/aromatic N) is 6. The molecule has 2 aliphatic heterocycles. The van der Waals surface area contributed by atoms with E-state index in [4.69, 9.17) is 4.42 Å². The van der Waals surface area contributed by atoms with Crippen LogP contribution in [0.2, 0.25) is 0 Å². The monoisotopic (exact) mass is 454 g/mol. The second kappa shape index (κ2) is 8.51. The summed E-state index contributed by atoms with van der Waals surface area (Å²) in [5.74, 6) is 1.12. The van der Waals surface area contributed by atoms with E-state index in [1.165, 1.54) is 17.6 Å². The summed E-state index contributed by atoms with van der Waals surface area (Å²) < 4.78 is 5.22. The van der Waals surface area contributed by atoms with Crippen LogP contribution in [0.5, 0.6) is 0 Å². The van der Waals surface area contributed by atoms with Gasteiger partial charge in [0, 0.05) is 52.4 Å². The van der Waals surface area contributed by atoms with E-state index in [-0.39, 0.29) is 11.8 Å². The Morgan fingerprint density at radius 1 is 0.969 bits per heavy atom. The number of amides is 2. The fourth-order valence-electron chi connectivity index (χ4n) is 4.33. The number of piperazine rings is 2. The molecule has 9 nitrogen and oxygen atoms in total. The van der Waals surface area contributed by atoms with Crippen molar-refractivity contribution in [3.8, 4) is 0 Å². The molecule has 2 amide bonds. The molecule has 0 unspecified atom stereocenters. The zero-order valence-electron chi connectivity index (χ0n) is 18.3. The fourth-order valence-corrected chi connectivity index (χ4v) is 5.44. The number of carbonyl (C=O) groups is 2. The highest BCUT2D eigenvalue weighted by atomic mass is 32.1. The van der Waals surface area contributed by atoms with Crippen LogP contribution < -0.4 is 4.90 Å². The van der Waals surface area contributed by atoms with Gasteiger partial charge in [0.15, 0.2) is 5.76 Å². The van der Waals surface area contributed by atoms with Gasteiger partial charge in [-0.1, -0.05) is 0 Å². The number of thiophene rings is 1. The average Bonchev–Trinajstić information content (AvgIpc) is 3.47. The van der Waals surface area contributed by atoms with E-state index < -0.39 is 0 Å². The summed E-state index contributed by atoms with van der Waals surface area (Å²) in [4.78, 5) is 44.6. The summed E-state index contributed by atoms with van der Waals surface area (Å²) in [6.07, 6.45) is 3.09. The quantitative estimate of drug-likeness (QED) is 0.598. The number of aryl methyl sites for hydroxylation is 1. The maximum Gasteiger partial charge on any atom is 0.289 e. The minimum atomic E-state index is -0.132. The molecule has 0 aromatic carbocycles. The van der Waals surface area contributed by atoms with Crippen LogP contribution in [-0.4, -0.2) is 95.9 Å². The van der Waals surface area contributed by atoms with Crippen LogP contribution in [0.25, 0.3) is 10.2 Å². The van der Waals surface area contributed by atoms with Gasteiger partial charge in [0.05, 0.1) is 16.5 Å². The lowest BCUT2D eigenvalue weighted by atomic mass is 10.1. The van der Waals surface area contributed by atoms with Gasteiger partial charge in [-0.15, -0.1) is 11.3 Å². The first-order chi connectivity index (χ1) is 15.5. The van der Waals surface area contributed by atoms with Crippen molar-refractivity contribution in [3.05, 3.63) is 40.9 Å². The maximum absolute atomic E-state index is 13.4. The van der Waals surface area contributed by atoms with Gasteiger partial charge in [-0.05, 0) is 31.7 Å². The van der Waals surface area contributed by atoms with Crippen molar-refractivity contribution in [1.82, 2.24) is 24.7 Å². The lowest BCUT2D eigenvalue weighted by Gasteiger charge is -2.34. The fraction of sp³-hybridized carbons (Fsp3) is 0.455. The van der Waals surface area contributed by atoms with Gasteiger partial charge in [-0.25, -0.2) is 9.97 Å². The van der Waals surface area contributed by atoms with Crippen LogP contribution in [-0.2, 0) is 0 Å². The number of hydrogen-bond donors (Lipinski definition) is 0. The minimum absolute atomic E-state index is 0.0000694. The summed E-state index contributed by atoms with van der Waals surface area (Å²) in [5, 5.41) is 0.983. The molecule has 0 spiro atoms. The van der Waals surface area contributed by atoms with E-state index in [2.05, 4.69) is 26.8 Å². The number of rotatable bonds is 3. The van der Waals surface area contributed by atoms with Gasteiger partial charge in [0.2, 0.25) is 0 Å². The summed E-state index contributed by atoms with van der Waals surface area (Å²) in [5.41, 5.74) is 0.943. The molecule has 0 radical (unpaired) electrons. The number of carbonyl (C=O) groups excluding carboxylic acids is 2. The standard InChI is InChI=1S/C22H26N6O3S/c1-15-17-19(26-7-5-25(2)6-8-26)23-14-24-20(17)32-18(15)22(30)28-11-9-27(10-12-28)21(29)16-4-3-13-31-16/h3-4,13-14H,5-12H2,1-2H3. The van der Waals surface area contributed by atoms with E-state index in [1.54, 1.807) is 23.4 Å². The predicted molar refractivity (Wildman–Crippen MR) is 122 cm³/mol. The van der Waals surface area contributed by atoms with Crippen LogP contribution in [0.15, 0.2) is 29.1 Å². The largest absolute Gasteiger partial charge is 0.459 e. The number of aromatic nitrogens is 2. The van der Waals surface area contributed by atoms with Gasteiger partial charge >= 0.3 is 0 Å². The van der Waals surface area contributed by atoms with E-state index in [0.717, 1.165) is 47.8 Å². The first kappa shape index (κ1) is 20.9. The van der Waals surface area contributed by atoms with Crippen molar-refractivity contribution in [1.29, 1.82) is 0 Å². The van der Waals surface area contributed by atoms with Gasteiger partial charge in [0.25, 0.3) is 11.8 Å². The van der Waals surface area contributed by atoms with E-state index in [0.29, 0.717) is 36.8 Å². The number of furan rings is 1. The van der Waals surface area contributed by atoms with Crippen LogP contribution in [0.3, 0.4) is 0 Å². The van der Waals surface area contributed by atoms with Gasteiger partial charge in [-0.2, -0.15) is 0 Å². The van der Waals surface area contributed by atoms with Crippen molar-refractivity contribution >= 4 is 39.2 Å². The molecule has 3 aromatic heterocycles. The highest BCUT2D eigenvalue weighted by Crippen LogP contribution is 2.36. The molecule has 2 fully saturated rings. The second-order valence-corrected chi connectivity index (χ2v) is 9.28. The molecule has 0 N–H and O–H groups in total. The molecule has 5 rings (SSSR count). The van der Waals surface area contributed by atoms with Gasteiger partial charge < -0.3 is 24.0 Å². The molecule has 0 atom stereocenters. The Kier molecular flexibility index (Phi) is 5.56. The molecule has 3 aromatic rings. The molecule has 5 heterocycles. The first-order valence-corrected chi connectivity index (χ1v) is 11.6. The van der Waals surface area contributed by atoms with Crippen LogP contribution >= 0.6 is 11.3 Å². The van der Waals surface area contributed by atoms with E-state index in [1.807, 2.05) is 11.8 Å². The molecule has 32 heavy (non-hydrogen) atoms. The highest BCUT2D eigenvalue weighted by Gasteiger charge is 2.30. The van der Waals surface area contributed by atoms with Crippen LogP contribution in [0, 0.1) is 6.92 Å². The number of fused-ring (bicyclic) bond motifs is 1. The van der Waals surface area contributed by atoms with E-state index >= 15 is 0 Å². The molecule has 0 saturated carbocycles. The zero-order valence-corrected chi connectivity index (χ0v) is 19.1. The third-order valence-corrected chi connectivity index (χ3v) is 7.48. The zero-order chi connectivity index (χ0) is 22.2. The summed E-state index contributed by atoms with van der Waals surface area (Å²) in [6, 6.07) is 3.37. The van der Waals surface area contributed by atoms with Crippen molar-refractivity contribution in [2.75, 3.05) is 64.3 Å². The molecule has 10 heteroatoms. The molecule has 0 aliphatic carbocycles. The third-order valence-electron chi connectivity index (χ3n) is 6.29. The van der Waals surface area contributed by atoms with Crippen molar-refractivity contribution in [3.63, 3.8) is 0 Å². The molecule has 2 aliphatic rings. The summed E-state index contributed by atoms with van der Waals surface area (Å²) >= 11 is 1.43. The molecule has 0 bridgehead atoms. The summed E-state index contributed by atoms with van der Waals surface area (Å²) in [7, 11) is 2.13. The Balaban J connectivity index is 1.34. The average molecular weight is 455 g/mol. The smallest absolute Gasteiger partial charge is 0.289 e. The number of hydrogen-bond acceptors (Lipinski definition) is 8. The Hall–Kier alpha value is -2.98. The SMILES string of the molecule is Cc1c(C(=O)N2CCN(C(=O)c3ccco3)CC2)sc2ncnc(N3CCN(C)CC3)c12. The Morgan fingerprint density at radius 2 is 1.66 bits per heavy atom. The summed E-state index contributed by atoms with van der Waals surface area (Å²) in [6.45, 7) is 7.75. The van der Waals surface area contributed by atoms with Gasteiger partial charge in [-0.3, -0.25) is 9.59 Å². The normalized spacial score (nSPS) is 17.9. The second-order valence-electron chi connectivity index (χ2n) is 8.29. The molecular weight excluding hydrogens is 428 g/mol. The lowest BCUT2D eigenvalue weighted by molar-refractivity contribution is 0.0520. The Bertz CT molecular complexity index is 1130. The maximum atomic E-state index is 13.4. The molecular formula is C22H26N6O3S. The van der Waals surface area contributed by atoms with Crippen LogP contribution in [0.4, 0.5) is 5.82 Å². The van der Waals surface area contributed by atoms with Crippen LogP contribution in [0.1, 0.15) is 25.8 Å². The van der Waals surface area contributed by atoms with Crippen molar-refractivity contribution in [2.24, 2.45) is 0 Å². The Labute approximate surface area is 190 Å². The van der Waals surface area contributed by atoms with Gasteiger partial charge in [0.1, 0.15) is 17.0 Å². The lowest BCUT2D eigenvalue weighted by Crippen LogP contribution is -2.50. The number of likely N-dealkylation sites (N-methyl/N-ethyl adjacent to an activating group) is 1. The minimum Gasteiger partial charge on any atom is -0.459 e. The first-order valence-electron chi connectivity index (χ1n) is 10.8. The molecule has 168 valence electrons. The molecule has 2 saturated heterocycles. The Morgan fingerprint density at radius 3 is 2.31 bits per heavy atom. The van der Waals surface area contributed by atoms with Crippen molar-refractivity contribution < 1.29 is 14.0 Å². The third kappa shape index (κ3) is 3.73.